The summed E-state index contributed by atoms with van der Waals surface area (Å²) in [6.07, 6.45) is 0.790. The van der Waals surface area contributed by atoms with Crippen LogP contribution in [-0.4, -0.2) is 32.7 Å². The Morgan fingerprint density at radius 3 is 2.50 bits per heavy atom. The second-order valence-electron chi connectivity index (χ2n) is 5.65. The fourth-order valence-corrected chi connectivity index (χ4v) is 2.56. The van der Waals surface area contributed by atoms with Crippen LogP contribution in [0.5, 0.6) is 11.5 Å². The van der Waals surface area contributed by atoms with Crippen LogP contribution in [0.15, 0.2) is 36.4 Å². The Morgan fingerprint density at radius 2 is 1.85 bits per heavy atom. The van der Waals surface area contributed by atoms with Gasteiger partial charge in [0.15, 0.2) is 6.61 Å². The molecule has 2 rings (SSSR count). The Kier molecular flexibility index (Phi) is 6.60. The Morgan fingerprint density at radius 1 is 1.08 bits per heavy atom. The molecule has 2 aromatic carbocycles. The zero-order chi connectivity index (χ0) is 19.1. The van der Waals surface area contributed by atoms with Crippen LogP contribution in [0.2, 0.25) is 0 Å². The molecule has 0 saturated heterocycles. The van der Waals surface area contributed by atoms with E-state index in [4.69, 9.17) is 14.2 Å². The Bertz CT molecular complexity index is 801. The van der Waals surface area contributed by atoms with E-state index in [0.717, 1.165) is 23.2 Å². The lowest BCUT2D eigenvalue weighted by atomic mass is 10.1. The Labute approximate surface area is 153 Å². The standard InChI is InChI=1S/C20H23NO5/c1-5-14-8-6-7-13(2)19(14)21-18(22)12-26-20(23)16-11-15(24-3)9-10-17(16)25-4/h6-11H,5,12H2,1-4H3,(H,21,22). The molecule has 1 N–H and O–H groups in total. The van der Waals surface area contributed by atoms with Gasteiger partial charge in [-0.05, 0) is 42.7 Å². The molecular weight excluding hydrogens is 334 g/mol. The maximum atomic E-state index is 12.3. The van der Waals surface area contributed by atoms with Crippen molar-refractivity contribution in [3.63, 3.8) is 0 Å². The molecule has 0 unspecified atom stereocenters. The van der Waals surface area contributed by atoms with Crippen LogP contribution in [0.4, 0.5) is 5.69 Å². The van der Waals surface area contributed by atoms with Gasteiger partial charge in [-0.3, -0.25) is 4.79 Å². The van der Waals surface area contributed by atoms with Gasteiger partial charge in [-0.1, -0.05) is 25.1 Å². The average molecular weight is 357 g/mol. The van der Waals surface area contributed by atoms with Crippen molar-refractivity contribution in [1.82, 2.24) is 0 Å². The maximum Gasteiger partial charge on any atom is 0.342 e. The Balaban J connectivity index is 2.05. The van der Waals surface area contributed by atoms with E-state index in [-0.39, 0.29) is 5.56 Å². The van der Waals surface area contributed by atoms with Gasteiger partial charge in [-0.15, -0.1) is 0 Å². The molecule has 0 atom stereocenters. The third-order valence-corrected chi connectivity index (χ3v) is 3.97. The number of esters is 1. The molecule has 0 spiro atoms. The van der Waals surface area contributed by atoms with Gasteiger partial charge >= 0.3 is 5.97 Å². The summed E-state index contributed by atoms with van der Waals surface area (Å²) in [5, 5.41) is 2.82. The first-order valence-corrected chi connectivity index (χ1v) is 8.27. The summed E-state index contributed by atoms with van der Waals surface area (Å²) >= 11 is 0. The number of carbonyl (C=O) groups is 2. The maximum absolute atomic E-state index is 12.3. The summed E-state index contributed by atoms with van der Waals surface area (Å²) < 4.78 is 15.4. The smallest absolute Gasteiger partial charge is 0.342 e. The van der Waals surface area contributed by atoms with E-state index in [1.165, 1.54) is 20.3 Å². The van der Waals surface area contributed by atoms with Crippen LogP contribution in [-0.2, 0) is 16.0 Å². The quantitative estimate of drug-likeness (QED) is 0.769. The van der Waals surface area contributed by atoms with E-state index in [2.05, 4.69) is 5.32 Å². The molecule has 0 aliphatic heterocycles. The molecule has 0 radical (unpaired) electrons. The molecule has 6 nitrogen and oxygen atoms in total. The van der Waals surface area contributed by atoms with Crippen LogP contribution in [0.1, 0.15) is 28.4 Å². The van der Waals surface area contributed by atoms with Gasteiger partial charge in [0.05, 0.1) is 14.2 Å². The summed E-state index contributed by atoms with van der Waals surface area (Å²) in [5.41, 5.74) is 2.94. The number of hydrogen-bond acceptors (Lipinski definition) is 5. The summed E-state index contributed by atoms with van der Waals surface area (Å²) in [7, 11) is 2.95. The molecule has 2 aromatic rings. The third kappa shape index (κ3) is 4.53. The van der Waals surface area contributed by atoms with Crippen LogP contribution in [0.25, 0.3) is 0 Å². The minimum atomic E-state index is -0.656. The number of anilines is 1. The highest BCUT2D eigenvalue weighted by Crippen LogP contribution is 2.25. The van der Waals surface area contributed by atoms with Gasteiger partial charge in [0.2, 0.25) is 0 Å². The molecule has 138 valence electrons. The van der Waals surface area contributed by atoms with Crippen LogP contribution in [0, 0.1) is 6.92 Å². The van der Waals surface area contributed by atoms with E-state index in [1.54, 1.807) is 12.1 Å². The summed E-state index contributed by atoms with van der Waals surface area (Å²) in [6.45, 7) is 3.54. The van der Waals surface area contributed by atoms with Gasteiger partial charge < -0.3 is 19.5 Å². The average Bonchev–Trinajstić information content (AvgIpc) is 2.67. The van der Waals surface area contributed by atoms with Crippen LogP contribution in [0.3, 0.4) is 0 Å². The first-order valence-electron chi connectivity index (χ1n) is 8.27. The highest BCUT2D eigenvalue weighted by atomic mass is 16.5. The fourth-order valence-electron chi connectivity index (χ4n) is 2.56. The van der Waals surface area contributed by atoms with Crippen molar-refractivity contribution in [2.24, 2.45) is 0 Å². The van der Waals surface area contributed by atoms with Crippen molar-refractivity contribution in [2.75, 3.05) is 26.1 Å². The van der Waals surface area contributed by atoms with Gasteiger partial charge in [-0.2, -0.15) is 0 Å². The molecule has 6 heteroatoms. The summed E-state index contributed by atoms with van der Waals surface area (Å²) in [4.78, 5) is 24.5. The highest BCUT2D eigenvalue weighted by Gasteiger charge is 2.17. The molecular formula is C20H23NO5. The Hall–Kier alpha value is -3.02. The molecule has 1 amide bonds. The second kappa shape index (κ2) is 8.89. The molecule has 0 saturated carbocycles. The molecule has 0 aliphatic rings. The monoisotopic (exact) mass is 357 g/mol. The SMILES string of the molecule is CCc1cccc(C)c1NC(=O)COC(=O)c1cc(OC)ccc1OC. The second-order valence-corrected chi connectivity index (χ2v) is 5.65. The minimum absolute atomic E-state index is 0.199. The zero-order valence-electron chi connectivity index (χ0n) is 15.4. The third-order valence-electron chi connectivity index (χ3n) is 3.97. The number of benzene rings is 2. The van der Waals surface area contributed by atoms with Crippen molar-refractivity contribution in [3.05, 3.63) is 53.1 Å². The lowest BCUT2D eigenvalue weighted by Crippen LogP contribution is -2.22. The highest BCUT2D eigenvalue weighted by molar-refractivity contribution is 5.97. The molecule has 0 bridgehead atoms. The number of aryl methyl sites for hydroxylation is 2. The minimum Gasteiger partial charge on any atom is -0.497 e. The molecule has 0 aliphatic carbocycles. The number of carbonyl (C=O) groups excluding carboxylic acids is 2. The van der Waals surface area contributed by atoms with E-state index in [0.29, 0.717) is 11.5 Å². The van der Waals surface area contributed by atoms with E-state index in [1.807, 2.05) is 32.0 Å². The van der Waals surface area contributed by atoms with Crippen molar-refractivity contribution in [1.29, 1.82) is 0 Å². The first kappa shape index (κ1) is 19.3. The van der Waals surface area contributed by atoms with Gasteiger partial charge in [-0.25, -0.2) is 4.79 Å². The van der Waals surface area contributed by atoms with Crippen molar-refractivity contribution in [3.8, 4) is 11.5 Å². The van der Waals surface area contributed by atoms with E-state index < -0.39 is 18.5 Å². The fraction of sp³-hybridized carbons (Fsp3) is 0.300. The van der Waals surface area contributed by atoms with Crippen molar-refractivity contribution < 1.29 is 23.8 Å². The number of ether oxygens (including phenoxy) is 3. The van der Waals surface area contributed by atoms with Gasteiger partial charge in [0.25, 0.3) is 5.91 Å². The molecule has 0 aromatic heterocycles. The summed E-state index contributed by atoms with van der Waals surface area (Å²) in [5.74, 6) is -0.210. The van der Waals surface area contributed by atoms with E-state index >= 15 is 0 Å². The predicted molar refractivity (Wildman–Crippen MR) is 99.0 cm³/mol. The zero-order valence-corrected chi connectivity index (χ0v) is 15.4. The number of amides is 1. The number of methoxy groups -OCH3 is 2. The predicted octanol–water partition coefficient (Wildman–Crippen LogP) is 3.37. The number of hydrogen-bond donors (Lipinski definition) is 1. The molecule has 0 fully saturated rings. The first-order chi connectivity index (χ1) is 12.5. The molecule has 0 heterocycles. The topological polar surface area (TPSA) is 73.9 Å². The lowest BCUT2D eigenvalue weighted by molar-refractivity contribution is -0.119. The van der Waals surface area contributed by atoms with E-state index in [9.17, 15) is 9.59 Å². The lowest BCUT2D eigenvalue weighted by Gasteiger charge is -2.13. The number of para-hydroxylation sites is 1. The number of rotatable bonds is 7. The van der Waals surface area contributed by atoms with Crippen LogP contribution >= 0.6 is 0 Å². The van der Waals surface area contributed by atoms with Crippen LogP contribution < -0.4 is 14.8 Å². The van der Waals surface area contributed by atoms with Gasteiger partial charge in [0.1, 0.15) is 17.1 Å². The van der Waals surface area contributed by atoms with Gasteiger partial charge in [0, 0.05) is 5.69 Å². The number of nitrogens with one attached hydrogen (secondary N) is 1. The largest absolute Gasteiger partial charge is 0.497 e. The summed E-state index contributed by atoms with van der Waals surface area (Å²) in [6, 6.07) is 10.6. The molecule has 26 heavy (non-hydrogen) atoms. The normalized spacial score (nSPS) is 10.2. The van der Waals surface area contributed by atoms with Crippen molar-refractivity contribution >= 4 is 17.6 Å². The van der Waals surface area contributed by atoms with Crippen molar-refractivity contribution in [2.45, 2.75) is 20.3 Å².